The number of likely N-dealkylation sites (N-methyl/N-ethyl adjacent to an activating group) is 1. The van der Waals surface area contributed by atoms with Crippen LogP contribution < -0.4 is 4.90 Å². The summed E-state index contributed by atoms with van der Waals surface area (Å²) in [5.41, 5.74) is 3.56. The number of benzene rings is 2. The van der Waals surface area contributed by atoms with Gasteiger partial charge in [-0.15, -0.1) is 0 Å². The van der Waals surface area contributed by atoms with E-state index in [9.17, 15) is 4.79 Å². The summed E-state index contributed by atoms with van der Waals surface area (Å²) in [6, 6.07) is 10.9. The predicted octanol–water partition coefficient (Wildman–Crippen LogP) is 3.75. The lowest BCUT2D eigenvalue weighted by molar-refractivity contribution is -0.129. The second-order valence-electron chi connectivity index (χ2n) is 7.14. The van der Waals surface area contributed by atoms with Crippen LogP contribution in [0.3, 0.4) is 0 Å². The van der Waals surface area contributed by atoms with Crippen molar-refractivity contribution < 1.29 is 9.18 Å². The highest BCUT2D eigenvalue weighted by Gasteiger charge is 2.23. The van der Waals surface area contributed by atoms with Crippen molar-refractivity contribution in [2.45, 2.75) is 0 Å². The Morgan fingerprint density at radius 3 is 2.72 bits per heavy atom. The molecule has 4 aromatic rings. The van der Waals surface area contributed by atoms with Gasteiger partial charge in [0.2, 0.25) is 5.91 Å². The van der Waals surface area contributed by atoms with Crippen molar-refractivity contribution in [1.82, 2.24) is 19.4 Å². The molecule has 0 spiro atoms. The number of nitrogens with zero attached hydrogens (tertiary/aromatic N) is 5. The minimum atomic E-state index is -0.360. The molecule has 5 rings (SSSR count). The normalized spacial score (nSPS) is 14.9. The molecule has 1 amide bonds. The van der Waals surface area contributed by atoms with Crippen LogP contribution in [0.5, 0.6) is 0 Å². The molecule has 1 fully saturated rings. The van der Waals surface area contributed by atoms with Gasteiger partial charge in [-0.25, -0.2) is 9.37 Å². The zero-order valence-electron chi connectivity index (χ0n) is 15.6. The van der Waals surface area contributed by atoms with Gasteiger partial charge in [0, 0.05) is 36.1 Å². The molecule has 2 aromatic carbocycles. The highest BCUT2D eigenvalue weighted by atomic mass is 79.9. The van der Waals surface area contributed by atoms with Crippen LogP contribution in [0.4, 0.5) is 10.1 Å². The highest BCUT2D eigenvalue weighted by Crippen LogP contribution is 2.30. The van der Waals surface area contributed by atoms with Gasteiger partial charge in [0.05, 0.1) is 35.1 Å². The van der Waals surface area contributed by atoms with Crippen LogP contribution in [0.1, 0.15) is 0 Å². The maximum absolute atomic E-state index is 15.0. The van der Waals surface area contributed by atoms with Gasteiger partial charge < -0.3 is 9.80 Å². The molecule has 0 saturated carbocycles. The van der Waals surface area contributed by atoms with E-state index in [0.29, 0.717) is 24.5 Å². The summed E-state index contributed by atoms with van der Waals surface area (Å²) in [7, 11) is 1.76. The van der Waals surface area contributed by atoms with Gasteiger partial charge in [0.15, 0.2) is 0 Å². The first-order valence-electron chi connectivity index (χ1n) is 9.21. The Kier molecular flexibility index (Phi) is 4.24. The van der Waals surface area contributed by atoms with Crippen molar-refractivity contribution in [3.05, 3.63) is 59.2 Å². The van der Waals surface area contributed by atoms with Gasteiger partial charge in [-0.1, -0.05) is 15.9 Å². The van der Waals surface area contributed by atoms with Gasteiger partial charge in [-0.2, -0.15) is 0 Å². The fourth-order valence-corrected chi connectivity index (χ4v) is 4.09. The first kappa shape index (κ1) is 18.1. The molecule has 3 heterocycles. The number of anilines is 1. The molecule has 0 bridgehead atoms. The van der Waals surface area contributed by atoms with Crippen LogP contribution >= 0.6 is 15.9 Å². The summed E-state index contributed by atoms with van der Waals surface area (Å²) in [6.07, 6.45) is 3.41. The van der Waals surface area contributed by atoms with E-state index in [1.165, 1.54) is 6.07 Å². The number of carbonyl (C=O) groups is 1. The SMILES string of the molecule is CN1CCN(c2ccc(-n3cnc4cnc5ccc(Br)cc5c43)cc2F)CC1=O. The molecule has 1 saturated heterocycles. The quantitative estimate of drug-likeness (QED) is 0.463. The lowest BCUT2D eigenvalue weighted by Gasteiger charge is -2.33. The lowest BCUT2D eigenvalue weighted by atomic mass is 10.1. The van der Waals surface area contributed by atoms with Crippen LogP contribution in [-0.4, -0.2) is 52.0 Å². The molecule has 0 N–H and O–H groups in total. The first-order chi connectivity index (χ1) is 14.0. The summed E-state index contributed by atoms with van der Waals surface area (Å²) >= 11 is 3.51. The largest absolute Gasteiger partial charge is 0.358 e. The zero-order valence-corrected chi connectivity index (χ0v) is 17.2. The minimum absolute atomic E-state index is 0.00937. The Labute approximate surface area is 174 Å². The van der Waals surface area contributed by atoms with Gasteiger partial charge in [-0.05, 0) is 30.3 Å². The lowest BCUT2D eigenvalue weighted by Crippen LogP contribution is -2.48. The standard InChI is InChI=1S/C21H17BrFN5O/c1-26-6-7-27(11-20(26)29)19-5-3-14(9-16(19)23)28-12-25-18-10-24-17-4-2-13(22)8-15(17)21(18)28/h2-5,8-10,12H,6-7,11H2,1H3. The van der Waals surface area contributed by atoms with Crippen molar-refractivity contribution in [3.8, 4) is 5.69 Å². The molecular weight excluding hydrogens is 437 g/mol. The fourth-order valence-electron chi connectivity index (χ4n) is 3.73. The number of fused-ring (bicyclic) bond motifs is 3. The maximum atomic E-state index is 15.0. The molecule has 2 aromatic heterocycles. The number of piperazine rings is 1. The summed E-state index contributed by atoms with van der Waals surface area (Å²) in [5, 5.41) is 0.934. The van der Waals surface area contributed by atoms with Crippen LogP contribution in [0.15, 0.2) is 53.4 Å². The zero-order chi connectivity index (χ0) is 20.1. The average molecular weight is 454 g/mol. The number of rotatable bonds is 2. The Hall–Kier alpha value is -3.00. The molecular formula is C21H17BrFN5O. The molecule has 29 heavy (non-hydrogen) atoms. The Morgan fingerprint density at radius 1 is 1.07 bits per heavy atom. The van der Waals surface area contributed by atoms with E-state index < -0.39 is 0 Å². The molecule has 1 aliphatic heterocycles. The molecule has 0 radical (unpaired) electrons. The monoisotopic (exact) mass is 453 g/mol. The number of imidazole rings is 1. The maximum Gasteiger partial charge on any atom is 0.241 e. The molecule has 0 aliphatic carbocycles. The van der Waals surface area contributed by atoms with Crippen molar-refractivity contribution in [2.24, 2.45) is 0 Å². The first-order valence-corrected chi connectivity index (χ1v) is 10.0. The highest BCUT2D eigenvalue weighted by molar-refractivity contribution is 9.10. The van der Waals surface area contributed by atoms with Crippen molar-refractivity contribution in [2.75, 3.05) is 31.6 Å². The van der Waals surface area contributed by atoms with Gasteiger partial charge in [-0.3, -0.25) is 14.3 Å². The van der Waals surface area contributed by atoms with Crippen LogP contribution in [0, 0.1) is 5.82 Å². The van der Waals surface area contributed by atoms with E-state index in [2.05, 4.69) is 25.9 Å². The van der Waals surface area contributed by atoms with Gasteiger partial charge in [0.25, 0.3) is 0 Å². The average Bonchev–Trinajstić information content (AvgIpc) is 3.15. The van der Waals surface area contributed by atoms with Crippen LogP contribution in [0.25, 0.3) is 27.6 Å². The van der Waals surface area contributed by atoms with E-state index in [1.54, 1.807) is 35.4 Å². The third-order valence-corrected chi connectivity index (χ3v) is 5.84. The number of hydrogen-bond acceptors (Lipinski definition) is 4. The fraction of sp³-hybridized carbons (Fsp3) is 0.190. The summed E-state index contributed by atoms with van der Waals surface area (Å²) in [4.78, 5) is 24.3. The summed E-state index contributed by atoms with van der Waals surface area (Å²) in [5.74, 6) is -0.369. The number of hydrogen-bond donors (Lipinski definition) is 0. The third-order valence-electron chi connectivity index (χ3n) is 5.34. The smallest absolute Gasteiger partial charge is 0.241 e. The minimum Gasteiger partial charge on any atom is -0.358 e. The Bertz CT molecular complexity index is 1270. The molecule has 1 aliphatic rings. The second kappa shape index (κ2) is 6.81. The second-order valence-corrected chi connectivity index (χ2v) is 8.06. The van der Waals surface area contributed by atoms with Crippen molar-refractivity contribution in [3.63, 3.8) is 0 Å². The third kappa shape index (κ3) is 3.04. The van der Waals surface area contributed by atoms with Gasteiger partial charge in [0.1, 0.15) is 17.7 Å². The van der Waals surface area contributed by atoms with E-state index in [0.717, 1.165) is 26.4 Å². The van der Waals surface area contributed by atoms with E-state index >= 15 is 4.39 Å². The summed E-state index contributed by atoms with van der Waals surface area (Å²) < 4.78 is 17.8. The van der Waals surface area contributed by atoms with E-state index in [1.807, 2.05) is 28.8 Å². The molecule has 146 valence electrons. The Morgan fingerprint density at radius 2 is 1.93 bits per heavy atom. The number of halogens is 2. The van der Waals surface area contributed by atoms with E-state index in [-0.39, 0.29) is 18.3 Å². The number of aromatic nitrogens is 3. The number of amides is 1. The number of carbonyl (C=O) groups excluding carboxylic acids is 1. The molecule has 0 atom stereocenters. The number of pyridine rings is 1. The molecule has 8 heteroatoms. The predicted molar refractivity (Wildman–Crippen MR) is 114 cm³/mol. The van der Waals surface area contributed by atoms with Crippen molar-refractivity contribution in [1.29, 1.82) is 0 Å². The van der Waals surface area contributed by atoms with Crippen LogP contribution in [-0.2, 0) is 4.79 Å². The van der Waals surface area contributed by atoms with Gasteiger partial charge >= 0.3 is 0 Å². The van der Waals surface area contributed by atoms with Crippen LogP contribution in [0.2, 0.25) is 0 Å². The topological polar surface area (TPSA) is 54.3 Å². The molecule has 6 nitrogen and oxygen atoms in total. The summed E-state index contributed by atoms with van der Waals surface area (Å²) in [6.45, 7) is 1.38. The van der Waals surface area contributed by atoms with Crippen molar-refractivity contribution >= 4 is 49.5 Å². The Balaban J connectivity index is 1.60. The van der Waals surface area contributed by atoms with E-state index in [4.69, 9.17) is 0 Å². The molecule has 0 unspecified atom stereocenters.